The largest absolute Gasteiger partial charge is 0.356 e. The molecule has 1 saturated carbocycles. The molecular formula is C18H28IN3S. The highest BCUT2D eigenvalue weighted by atomic mass is 127. The summed E-state index contributed by atoms with van der Waals surface area (Å²) >= 11 is 2.10. The minimum atomic E-state index is 0. The van der Waals surface area contributed by atoms with Crippen molar-refractivity contribution in [2.24, 2.45) is 10.9 Å². The molecule has 1 saturated heterocycles. The molecule has 1 N–H and O–H groups in total. The first kappa shape index (κ1) is 18.9. The summed E-state index contributed by atoms with van der Waals surface area (Å²) in [6.45, 7) is 5.58. The Morgan fingerprint density at radius 2 is 2.13 bits per heavy atom. The molecule has 128 valence electrons. The molecule has 0 aromatic heterocycles. The fraction of sp³-hybridized carbons (Fsp3) is 0.611. The van der Waals surface area contributed by atoms with Gasteiger partial charge in [-0.15, -0.1) is 24.0 Å². The van der Waals surface area contributed by atoms with E-state index in [0.29, 0.717) is 0 Å². The molecule has 1 aliphatic heterocycles. The number of benzene rings is 1. The van der Waals surface area contributed by atoms with Crippen molar-refractivity contribution >= 4 is 41.7 Å². The number of nitrogens with zero attached hydrogens (tertiary/aromatic N) is 2. The van der Waals surface area contributed by atoms with Gasteiger partial charge in [0.1, 0.15) is 0 Å². The van der Waals surface area contributed by atoms with Crippen LogP contribution in [-0.2, 0) is 0 Å². The first-order chi connectivity index (χ1) is 10.8. The third-order valence-corrected chi connectivity index (χ3v) is 6.15. The van der Waals surface area contributed by atoms with Gasteiger partial charge in [0.2, 0.25) is 0 Å². The zero-order valence-corrected chi connectivity index (χ0v) is 17.2. The van der Waals surface area contributed by atoms with Crippen LogP contribution >= 0.6 is 35.7 Å². The van der Waals surface area contributed by atoms with Crippen LogP contribution in [-0.4, -0.2) is 48.5 Å². The number of aliphatic imine (C=N–C) groups is 1. The average molecular weight is 445 g/mol. The maximum atomic E-state index is 4.50. The van der Waals surface area contributed by atoms with E-state index >= 15 is 0 Å². The van der Waals surface area contributed by atoms with E-state index in [0.717, 1.165) is 42.7 Å². The molecule has 1 aliphatic carbocycles. The second kappa shape index (κ2) is 9.16. The van der Waals surface area contributed by atoms with Crippen LogP contribution in [0.1, 0.15) is 31.2 Å². The maximum Gasteiger partial charge on any atom is 0.193 e. The first-order valence-corrected chi connectivity index (χ1v) is 9.48. The Bertz CT molecular complexity index is 508. The molecule has 1 heterocycles. The third-order valence-electron chi connectivity index (χ3n) is 4.78. The van der Waals surface area contributed by atoms with E-state index in [-0.39, 0.29) is 24.0 Å². The topological polar surface area (TPSA) is 27.6 Å². The van der Waals surface area contributed by atoms with E-state index in [4.69, 9.17) is 0 Å². The molecule has 0 bridgehead atoms. The monoisotopic (exact) mass is 445 g/mol. The molecule has 0 amide bonds. The summed E-state index contributed by atoms with van der Waals surface area (Å²) in [5.41, 5.74) is 1.49. The van der Waals surface area contributed by atoms with Gasteiger partial charge < -0.3 is 10.2 Å². The quantitative estimate of drug-likeness (QED) is 0.434. The predicted octanol–water partition coefficient (Wildman–Crippen LogP) is 3.81. The normalized spacial score (nSPS) is 27.3. The van der Waals surface area contributed by atoms with Gasteiger partial charge in [-0.25, -0.2) is 0 Å². The third kappa shape index (κ3) is 5.02. The van der Waals surface area contributed by atoms with E-state index in [1.807, 2.05) is 7.05 Å². The van der Waals surface area contributed by atoms with E-state index in [2.05, 4.69) is 64.2 Å². The summed E-state index contributed by atoms with van der Waals surface area (Å²) in [6.07, 6.45) is 2.55. The van der Waals surface area contributed by atoms with Crippen LogP contribution in [0, 0.1) is 5.92 Å². The molecule has 3 unspecified atom stereocenters. The van der Waals surface area contributed by atoms with Gasteiger partial charge >= 0.3 is 0 Å². The fourth-order valence-electron chi connectivity index (χ4n) is 3.30. The zero-order valence-electron chi connectivity index (χ0n) is 14.1. The summed E-state index contributed by atoms with van der Waals surface area (Å²) in [5, 5.41) is 4.37. The summed E-state index contributed by atoms with van der Waals surface area (Å²) in [6, 6.07) is 10.9. The van der Waals surface area contributed by atoms with Gasteiger partial charge in [-0.3, -0.25) is 4.99 Å². The van der Waals surface area contributed by atoms with Crippen LogP contribution in [0.3, 0.4) is 0 Å². The summed E-state index contributed by atoms with van der Waals surface area (Å²) in [4.78, 5) is 6.94. The van der Waals surface area contributed by atoms with Crippen LogP contribution in [0.2, 0.25) is 0 Å². The van der Waals surface area contributed by atoms with Crippen molar-refractivity contribution in [3.05, 3.63) is 35.9 Å². The summed E-state index contributed by atoms with van der Waals surface area (Å²) in [7, 11) is 1.91. The van der Waals surface area contributed by atoms with Crippen molar-refractivity contribution in [1.29, 1.82) is 0 Å². The minimum Gasteiger partial charge on any atom is -0.356 e. The molecule has 2 aliphatic rings. The van der Waals surface area contributed by atoms with Crippen LogP contribution < -0.4 is 5.32 Å². The second-order valence-corrected chi connectivity index (χ2v) is 7.70. The molecule has 23 heavy (non-hydrogen) atoms. The van der Waals surface area contributed by atoms with Gasteiger partial charge in [-0.05, 0) is 30.2 Å². The Balaban J connectivity index is 0.00000192. The fourth-order valence-corrected chi connectivity index (χ4v) is 4.48. The van der Waals surface area contributed by atoms with E-state index in [1.165, 1.54) is 24.2 Å². The first-order valence-electron chi connectivity index (χ1n) is 8.44. The van der Waals surface area contributed by atoms with Crippen molar-refractivity contribution in [2.45, 2.75) is 30.9 Å². The van der Waals surface area contributed by atoms with Gasteiger partial charge in [0, 0.05) is 37.7 Å². The zero-order chi connectivity index (χ0) is 15.4. The van der Waals surface area contributed by atoms with Gasteiger partial charge in [-0.2, -0.15) is 11.8 Å². The summed E-state index contributed by atoms with van der Waals surface area (Å²) in [5.74, 6) is 3.82. The molecule has 0 radical (unpaired) electrons. The Morgan fingerprint density at radius 3 is 2.83 bits per heavy atom. The molecule has 3 rings (SSSR count). The van der Waals surface area contributed by atoms with Gasteiger partial charge in [0.25, 0.3) is 0 Å². The van der Waals surface area contributed by atoms with Gasteiger partial charge in [-0.1, -0.05) is 37.3 Å². The lowest BCUT2D eigenvalue weighted by Crippen LogP contribution is -2.48. The molecule has 3 nitrogen and oxygen atoms in total. The van der Waals surface area contributed by atoms with Crippen molar-refractivity contribution in [2.75, 3.05) is 32.4 Å². The molecule has 0 spiro atoms. The molecule has 3 atom stereocenters. The SMILES string of the molecule is CCC1CN(C(=NC)NCC2CC2c2ccccc2)CCS1.I. The molecule has 2 fully saturated rings. The minimum absolute atomic E-state index is 0. The lowest BCUT2D eigenvalue weighted by atomic mass is 10.1. The molecule has 5 heteroatoms. The Hall–Kier alpha value is -0.430. The predicted molar refractivity (Wildman–Crippen MR) is 112 cm³/mol. The molecule has 1 aromatic carbocycles. The number of nitrogens with one attached hydrogen (secondary N) is 1. The van der Waals surface area contributed by atoms with Crippen molar-refractivity contribution in [3.63, 3.8) is 0 Å². The van der Waals surface area contributed by atoms with Crippen LogP contribution in [0.4, 0.5) is 0 Å². The number of guanidine groups is 1. The van der Waals surface area contributed by atoms with E-state index in [1.54, 1.807) is 0 Å². The number of thioether (sulfide) groups is 1. The smallest absolute Gasteiger partial charge is 0.193 e. The number of rotatable bonds is 4. The number of halogens is 1. The Morgan fingerprint density at radius 1 is 1.35 bits per heavy atom. The highest BCUT2D eigenvalue weighted by molar-refractivity contribution is 14.0. The van der Waals surface area contributed by atoms with Gasteiger partial charge in [0.05, 0.1) is 0 Å². The maximum absolute atomic E-state index is 4.50. The second-order valence-electron chi connectivity index (χ2n) is 6.29. The highest BCUT2D eigenvalue weighted by Crippen LogP contribution is 2.46. The van der Waals surface area contributed by atoms with Crippen molar-refractivity contribution in [3.8, 4) is 0 Å². The van der Waals surface area contributed by atoms with Gasteiger partial charge in [0.15, 0.2) is 5.96 Å². The van der Waals surface area contributed by atoms with E-state index in [9.17, 15) is 0 Å². The Labute approximate surface area is 161 Å². The van der Waals surface area contributed by atoms with E-state index < -0.39 is 0 Å². The summed E-state index contributed by atoms with van der Waals surface area (Å²) < 4.78 is 0. The highest BCUT2D eigenvalue weighted by Gasteiger charge is 2.38. The molecular weight excluding hydrogens is 417 g/mol. The number of hydrogen-bond donors (Lipinski definition) is 1. The standard InChI is InChI=1S/C18H27N3S.HI/c1-3-16-13-21(9-10-22-16)18(19-2)20-12-15-11-17(15)14-7-5-4-6-8-14;/h4-8,15-17H,3,9-13H2,1-2H3,(H,19,20);1H. The average Bonchev–Trinajstić information content (AvgIpc) is 3.36. The molecule has 1 aromatic rings. The number of hydrogen-bond acceptors (Lipinski definition) is 2. The van der Waals surface area contributed by atoms with Crippen LogP contribution in [0.15, 0.2) is 35.3 Å². The van der Waals surface area contributed by atoms with Crippen LogP contribution in [0.25, 0.3) is 0 Å². The Kier molecular flexibility index (Phi) is 7.53. The van der Waals surface area contributed by atoms with Crippen LogP contribution in [0.5, 0.6) is 0 Å². The lowest BCUT2D eigenvalue weighted by Gasteiger charge is -2.34. The van der Waals surface area contributed by atoms with Crippen molar-refractivity contribution < 1.29 is 0 Å². The lowest BCUT2D eigenvalue weighted by molar-refractivity contribution is 0.407. The van der Waals surface area contributed by atoms with Crippen molar-refractivity contribution in [1.82, 2.24) is 10.2 Å².